The van der Waals surface area contributed by atoms with E-state index in [9.17, 15) is 9.59 Å². The third-order valence-electron chi connectivity index (χ3n) is 5.09. The highest BCUT2D eigenvalue weighted by molar-refractivity contribution is 8.18. The third-order valence-corrected chi connectivity index (χ3v) is 5.90. The van der Waals surface area contributed by atoms with E-state index in [0.717, 1.165) is 43.3 Å². The van der Waals surface area contributed by atoms with Crippen LogP contribution in [0.2, 0.25) is 0 Å². The van der Waals surface area contributed by atoms with Crippen molar-refractivity contribution in [1.82, 2.24) is 30.4 Å². The van der Waals surface area contributed by atoms with Gasteiger partial charge in [0.05, 0.1) is 10.6 Å². The molecule has 11 heteroatoms. The summed E-state index contributed by atoms with van der Waals surface area (Å²) in [6.45, 7) is 1.48. The first kappa shape index (κ1) is 19.4. The van der Waals surface area contributed by atoms with Crippen molar-refractivity contribution in [3.63, 3.8) is 0 Å². The van der Waals surface area contributed by atoms with Crippen molar-refractivity contribution in [3.05, 3.63) is 53.3 Å². The van der Waals surface area contributed by atoms with Crippen LogP contribution in [0.4, 0.5) is 10.7 Å². The third kappa shape index (κ3) is 4.17. The second kappa shape index (κ2) is 8.26. The molecule has 3 aromatic heterocycles. The summed E-state index contributed by atoms with van der Waals surface area (Å²) in [6, 6.07) is 5.40. The highest BCUT2D eigenvalue weighted by atomic mass is 32.2. The van der Waals surface area contributed by atoms with Gasteiger partial charge in [0.2, 0.25) is 17.7 Å². The summed E-state index contributed by atoms with van der Waals surface area (Å²) < 4.78 is 5.50. The summed E-state index contributed by atoms with van der Waals surface area (Å²) in [5.74, 6) is 1.57. The first-order valence-electron chi connectivity index (χ1n) is 9.72. The molecule has 0 aliphatic carbocycles. The minimum absolute atomic E-state index is 0.175. The number of imide groups is 1. The van der Waals surface area contributed by atoms with Gasteiger partial charge in [-0.25, -0.2) is 9.97 Å². The maximum absolute atomic E-state index is 11.7. The van der Waals surface area contributed by atoms with Gasteiger partial charge >= 0.3 is 0 Å². The zero-order chi connectivity index (χ0) is 21.2. The number of rotatable bonds is 4. The minimum atomic E-state index is -0.401. The van der Waals surface area contributed by atoms with Crippen LogP contribution in [-0.4, -0.2) is 49.3 Å². The number of carbonyl (C=O) groups excluding carboxylic acids is 2. The second-order valence-electron chi connectivity index (χ2n) is 7.09. The van der Waals surface area contributed by atoms with Gasteiger partial charge in [0.1, 0.15) is 0 Å². The molecule has 31 heavy (non-hydrogen) atoms. The van der Waals surface area contributed by atoms with Gasteiger partial charge in [0.25, 0.3) is 11.1 Å². The lowest BCUT2D eigenvalue weighted by molar-refractivity contribution is -0.115. The number of hydrogen-bond acceptors (Lipinski definition) is 10. The molecule has 2 aliphatic heterocycles. The molecule has 3 aromatic rings. The molecule has 5 heterocycles. The van der Waals surface area contributed by atoms with E-state index in [1.807, 2.05) is 12.1 Å². The van der Waals surface area contributed by atoms with E-state index >= 15 is 0 Å². The summed E-state index contributed by atoms with van der Waals surface area (Å²) in [6.07, 6.45) is 8.31. The van der Waals surface area contributed by atoms with Gasteiger partial charge in [0, 0.05) is 43.2 Å². The summed E-state index contributed by atoms with van der Waals surface area (Å²) in [7, 11) is 0. The molecule has 2 saturated heterocycles. The van der Waals surface area contributed by atoms with E-state index in [2.05, 4.69) is 35.3 Å². The van der Waals surface area contributed by atoms with Crippen molar-refractivity contribution in [2.45, 2.75) is 18.8 Å². The number of anilines is 1. The fraction of sp³-hybridized carbons (Fsp3) is 0.250. The monoisotopic (exact) mass is 435 g/mol. The molecular weight excluding hydrogens is 418 g/mol. The van der Waals surface area contributed by atoms with Gasteiger partial charge in [-0.15, -0.1) is 0 Å². The van der Waals surface area contributed by atoms with E-state index in [1.165, 1.54) is 0 Å². The summed E-state index contributed by atoms with van der Waals surface area (Å²) in [4.78, 5) is 42.9. The Morgan fingerprint density at radius 3 is 2.65 bits per heavy atom. The van der Waals surface area contributed by atoms with Crippen molar-refractivity contribution in [2.75, 3.05) is 18.0 Å². The molecule has 5 rings (SSSR count). The van der Waals surface area contributed by atoms with Crippen LogP contribution >= 0.6 is 11.8 Å². The van der Waals surface area contributed by atoms with Crippen LogP contribution in [0.5, 0.6) is 0 Å². The minimum Gasteiger partial charge on any atom is -0.341 e. The van der Waals surface area contributed by atoms with Crippen LogP contribution in [0.1, 0.15) is 30.3 Å². The SMILES string of the molecule is O=C1NC(=O)C(=Cc2ccnc(N3CCC(c4nc(-c5ccncc5)no4)CC3)n2)S1. The molecule has 0 unspecified atom stereocenters. The van der Waals surface area contributed by atoms with Crippen molar-refractivity contribution >= 4 is 34.9 Å². The Balaban J connectivity index is 1.25. The van der Waals surface area contributed by atoms with Gasteiger partial charge in [-0.2, -0.15) is 4.98 Å². The predicted octanol–water partition coefficient (Wildman–Crippen LogP) is 2.63. The van der Waals surface area contributed by atoms with Crippen molar-refractivity contribution < 1.29 is 14.1 Å². The molecule has 0 saturated carbocycles. The average Bonchev–Trinajstić information content (AvgIpc) is 3.41. The van der Waals surface area contributed by atoms with Gasteiger partial charge in [-0.05, 0) is 48.9 Å². The van der Waals surface area contributed by atoms with Crippen LogP contribution in [0, 0.1) is 0 Å². The van der Waals surface area contributed by atoms with Crippen LogP contribution in [0.15, 0.2) is 46.2 Å². The highest BCUT2D eigenvalue weighted by Gasteiger charge is 2.27. The van der Waals surface area contributed by atoms with Gasteiger partial charge in [-0.3, -0.25) is 19.9 Å². The molecule has 10 nitrogen and oxygen atoms in total. The van der Waals surface area contributed by atoms with Crippen molar-refractivity contribution in [3.8, 4) is 11.4 Å². The fourth-order valence-electron chi connectivity index (χ4n) is 3.50. The lowest BCUT2D eigenvalue weighted by Gasteiger charge is -2.30. The summed E-state index contributed by atoms with van der Waals surface area (Å²) in [5.41, 5.74) is 1.45. The van der Waals surface area contributed by atoms with Crippen molar-refractivity contribution in [1.29, 1.82) is 0 Å². The Kier molecular flexibility index (Phi) is 5.16. The molecule has 0 atom stereocenters. The number of carbonyl (C=O) groups is 2. The first-order valence-corrected chi connectivity index (χ1v) is 10.5. The van der Waals surface area contributed by atoms with Gasteiger partial charge in [0.15, 0.2) is 0 Å². The quantitative estimate of drug-likeness (QED) is 0.611. The number of piperidine rings is 1. The van der Waals surface area contributed by atoms with E-state index < -0.39 is 5.91 Å². The number of aromatic nitrogens is 5. The molecule has 2 fully saturated rings. The topological polar surface area (TPSA) is 127 Å². The van der Waals surface area contributed by atoms with E-state index in [4.69, 9.17) is 4.52 Å². The zero-order valence-corrected chi connectivity index (χ0v) is 17.1. The molecule has 156 valence electrons. The maximum Gasteiger partial charge on any atom is 0.290 e. The van der Waals surface area contributed by atoms with Gasteiger partial charge in [-0.1, -0.05) is 5.16 Å². The van der Waals surface area contributed by atoms with Crippen LogP contribution in [-0.2, 0) is 4.79 Å². The van der Waals surface area contributed by atoms with Crippen LogP contribution in [0.25, 0.3) is 17.5 Å². The lowest BCUT2D eigenvalue weighted by atomic mass is 9.97. The summed E-state index contributed by atoms with van der Waals surface area (Å²) in [5, 5.41) is 5.96. The smallest absolute Gasteiger partial charge is 0.290 e. The Morgan fingerprint density at radius 2 is 1.90 bits per heavy atom. The molecular formula is C20H17N7O3S. The second-order valence-corrected chi connectivity index (χ2v) is 8.10. The van der Waals surface area contributed by atoms with Crippen LogP contribution < -0.4 is 10.2 Å². The fourth-order valence-corrected chi connectivity index (χ4v) is 4.16. The Hall–Kier alpha value is -3.60. The molecule has 2 aliphatic rings. The molecule has 0 aromatic carbocycles. The largest absolute Gasteiger partial charge is 0.341 e. The number of thioether (sulfide) groups is 1. The lowest BCUT2D eigenvalue weighted by Crippen LogP contribution is -2.34. The standard InChI is InChI=1S/C20H17N7O3S/c28-17-15(31-20(29)25-17)11-14-3-8-22-19(23-14)27-9-4-13(5-10-27)18-24-16(26-30-18)12-1-6-21-7-2-12/h1-3,6-8,11,13H,4-5,9-10H2,(H,25,28,29). The number of nitrogens with one attached hydrogen (secondary N) is 1. The number of pyridine rings is 1. The molecule has 0 bridgehead atoms. The number of nitrogens with zero attached hydrogens (tertiary/aromatic N) is 6. The van der Waals surface area contributed by atoms with Crippen LogP contribution in [0.3, 0.4) is 0 Å². The predicted molar refractivity (Wildman–Crippen MR) is 113 cm³/mol. The first-order chi connectivity index (χ1) is 15.2. The molecule has 0 spiro atoms. The maximum atomic E-state index is 11.7. The average molecular weight is 435 g/mol. The Morgan fingerprint density at radius 1 is 1.10 bits per heavy atom. The van der Waals surface area contributed by atoms with E-state index in [0.29, 0.717) is 28.3 Å². The van der Waals surface area contributed by atoms with Crippen molar-refractivity contribution in [2.24, 2.45) is 0 Å². The molecule has 0 radical (unpaired) electrons. The Labute approximate surface area is 181 Å². The highest BCUT2D eigenvalue weighted by Crippen LogP contribution is 2.30. The molecule has 1 N–H and O–H groups in total. The van der Waals surface area contributed by atoms with E-state index in [1.54, 1.807) is 30.7 Å². The summed E-state index contributed by atoms with van der Waals surface area (Å²) >= 11 is 0.869. The van der Waals surface area contributed by atoms with Gasteiger partial charge < -0.3 is 9.42 Å². The van der Waals surface area contributed by atoms with E-state index in [-0.39, 0.29) is 11.2 Å². The molecule has 2 amide bonds. The number of amides is 2. The number of hydrogen-bond donors (Lipinski definition) is 1. The zero-order valence-electron chi connectivity index (χ0n) is 16.3. The Bertz CT molecular complexity index is 1160. The normalized spacial score (nSPS) is 18.6.